The second-order valence-corrected chi connectivity index (χ2v) is 5.61. The molecule has 1 aromatic carbocycles. The average molecular weight is 290 g/mol. The van der Waals surface area contributed by atoms with Crippen molar-refractivity contribution in [1.82, 2.24) is 9.78 Å². The van der Waals surface area contributed by atoms with Gasteiger partial charge in [-0.1, -0.05) is 42.1 Å². The van der Waals surface area contributed by atoms with Crippen LogP contribution in [-0.2, 0) is 17.8 Å². The van der Waals surface area contributed by atoms with Crippen molar-refractivity contribution >= 4 is 17.7 Å². The van der Waals surface area contributed by atoms with Crippen LogP contribution in [0.1, 0.15) is 17.7 Å². The highest BCUT2D eigenvalue weighted by atomic mass is 32.2. The number of carboxylic acid groups (broad SMARTS) is 1. The smallest absolute Gasteiger partial charge is 0.313 e. The van der Waals surface area contributed by atoms with E-state index in [1.165, 1.54) is 17.3 Å². The van der Waals surface area contributed by atoms with E-state index < -0.39 is 5.97 Å². The second-order valence-electron chi connectivity index (χ2n) is 4.62. The van der Waals surface area contributed by atoms with Crippen LogP contribution in [0.15, 0.2) is 41.4 Å². The van der Waals surface area contributed by atoms with Gasteiger partial charge in [-0.05, 0) is 31.4 Å². The monoisotopic (exact) mass is 290 g/mol. The largest absolute Gasteiger partial charge is 0.481 e. The molecule has 1 heterocycles. The van der Waals surface area contributed by atoms with Crippen LogP contribution in [0.2, 0.25) is 0 Å². The number of aromatic nitrogens is 2. The molecule has 106 valence electrons. The molecular formula is C15H18N2O2S. The number of carboxylic acids is 1. The third-order valence-corrected chi connectivity index (χ3v) is 3.90. The van der Waals surface area contributed by atoms with Gasteiger partial charge in [-0.3, -0.25) is 9.48 Å². The van der Waals surface area contributed by atoms with E-state index in [1.54, 1.807) is 0 Å². The highest BCUT2D eigenvalue weighted by molar-refractivity contribution is 7.99. The quantitative estimate of drug-likeness (QED) is 0.796. The molecule has 0 saturated carbocycles. The molecule has 2 rings (SSSR count). The number of hydrogen-bond donors (Lipinski definition) is 1. The van der Waals surface area contributed by atoms with Gasteiger partial charge in [-0.2, -0.15) is 5.10 Å². The Labute approximate surface area is 122 Å². The van der Waals surface area contributed by atoms with Crippen molar-refractivity contribution < 1.29 is 9.90 Å². The second kappa shape index (κ2) is 7.14. The van der Waals surface area contributed by atoms with Crippen molar-refractivity contribution in [3.8, 4) is 0 Å². The summed E-state index contributed by atoms with van der Waals surface area (Å²) in [5.41, 5.74) is 2.24. The minimum absolute atomic E-state index is 0.0732. The normalized spacial score (nSPS) is 10.7. The molecule has 2 aromatic rings. The van der Waals surface area contributed by atoms with Crippen LogP contribution < -0.4 is 0 Å². The van der Waals surface area contributed by atoms with Gasteiger partial charge in [0.05, 0.1) is 16.5 Å². The number of benzene rings is 1. The number of hydrogen-bond acceptors (Lipinski definition) is 3. The molecule has 0 saturated heterocycles. The van der Waals surface area contributed by atoms with Crippen molar-refractivity contribution in [2.75, 3.05) is 5.75 Å². The van der Waals surface area contributed by atoms with Gasteiger partial charge in [-0.15, -0.1) is 0 Å². The first kappa shape index (κ1) is 14.7. The van der Waals surface area contributed by atoms with Gasteiger partial charge in [-0.25, -0.2) is 0 Å². The molecule has 0 amide bonds. The fraction of sp³-hybridized carbons (Fsp3) is 0.333. The molecule has 0 radical (unpaired) electrons. The molecule has 0 spiro atoms. The molecule has 1 aromatic heterocycles. The van der Waals surface area contributed by atoms with Gasteiger partial charge in [0.2, 0.25) is 0 Å². The van der Waals surface area contributed by atoms with Gasteiger partial charge in [0.15, 0.2) is 0 Å². The standard InChI is InChI=1S/C15H18N2O2S/c1-12-10-14(20-11-15(18)19)17(16-12)9-5-8-13-6-3-2-4-7-13/h2-4,6-7,10H,5,8-9,11H2,1H3,(H,18,19). The summed E-state index contributed by atoms with van der Waals surface area (Å²) in [6, 6.07) is 12.3. The molecule has 0 atom stereocenters. The number of nitrogens with zero attached hydrogens (tertiary/aromatic N) is 2. The first-order valence-electron chi connectivity index (χ1n) is 6.58. The summed E-state index contributed by atoms with van der Waals surface area (Å²) in [4.78, 5) is 10.6. The van der Waals surface area contributed by atoms with Gasteiger partial charge in [0.25, 0.3) is 0 Å². The lowest BCUT2D eigenvalue weighted by molar-refractivity contribution is -0.133. The predicted molar refractivity (Wildman–Crippen MR) is 80.1 cm³/mol. The Morgan fingerprint density at radius 3 is 2.80 bits per heavy atom. The molecule has 0 aliphatic rings. The molecular weight excluding hydrogens is 272 g/mol. The lowest BCUT2D eigenvalue weighted by atomic mass is 10.1. The predicted octanol–water partition coefficient (Wildman–Crippen LogP) is 3.00. The van der Waals surface area contributed by atoms with Crippen molar-refractivity contribution in [3.63, 3.8) is 0 Å². The van der Waals surface area contributed by atoms with E-state index >= 15 is 0 Å². The zero-order chi connectivity index (χ0) is 14.4. The van der Waals surface area contributed by atoms with E-state index in [4.69, 9.17) is 5.11 Å². The maximum Gasteiger partial charge on any atom is 0.313 e. The highest BCUT2D eigenvalue weighted by Gasteiger charge is 2.08. The van der Waals surface area contributed by atoms with E-state index in [0.717, 1.165) is 30.1 Å². The first-order chi connectivity index (χ1) is 9.65. The molecule has 1 N–H and O–H groups in total. The zero-order valence-electron chi connectivity index (χ0n) is 11.5. The summed E-state index contributed by atoms with van der Waals surface area (Å²) in [6.07, 6.45) is 1.99. The summed E-state index contributed by atoms with van der Waals surface area (Å²) in [6.45, 7) is 2.74. The minimum atomic E-state index is -0.801. The van der Waals surface area contributed by atoms with Crippen molar-refractivity contribution in [3.05, 3.63) is 47.7 Å². The number of aliphatic carboxylic acids is 1. The molecule has 0 unspecified atom stereocenters. The fourth-order valence-electron chi connectivity index (χ4n) is 2.01. The summed E-state index contributed by atoms with van der Waals surface area (Å²) >= 11 is 1.32. The van der Waals surface area contributed by atoms with E-state index in [2.05, 4.69) is 17.2 Å². The summed E-state index contributed by atoms with van der Waals surface area (Å²) < 4.78 is 1.91. The lowest BCUT2D eigenvalue weighted by Crippen LogP contribution is -2.05. The number of thioether (sulfide) groups is 1. The minimum Gasteiger partial charge on any atom is -0.481 e. The van der Waals surface area contributed by atoms with Crippen molar-refractivity contribution in [1.29, 1.82) is 0 Å². The van der Waals surface area contributed by atoms with Crippen LogP contribution in [0.5, 0.6) is 0 Å². The molecule has 0 fully saturated rings. The SMILES string of the molecule is Cc1cc(SCC(=O)O)n(CCCc2ccccc2)n1. The third kappa shape index (κ3) is 4.42. The van der Waals surface area contributed by atoms with Crippen molar-refractivity contribution in [2.45, 2.75) is 31.3 Å². The Kier molecular flexibility index (Phi) is 5.24. The van der Waals surface area contributed by atoms with Crippen molar-refractivity contribution in [2.24, 2.45) is 0 Å². The van der Waals surface area contributed by atoms with Crippen LogP contribution in [0.4, 0.5) is 0 Å². The molecule has 0 bridgehead atoms. The topological polar surface area (TPSA) is 55.1 Å². The maximum absolute atomic E-state index is 10.6. The number of carbonyl (C=O) groups is 1. The van der Waals surface area contributed by atoms with Crippen LogP contribution in [-0.4, -0.2) is 26.6 Å². The van der Waals surface area contributed by atoms with E-state index in [-0.39, 0.29) is 5.75 Å². The summed E-state index contributed by atoms with van der Waals surface area (Å²) in [7, 11) is 0. The summed E-state index contributed by atoms with van der Waals surface area (Å²) in [5.74, 6) is -0.728. The Bertz CT molecular complexity index is 567. The van der Waals surface area contributed by atoms with Crippen LogP contribution >= 0.6 is 11.8 Å². The zero-order valence-corrected chi connectivity index (χ0v) is 12.3. The molecule has 20 heavy (non-hydrogen) atoms. The van der Waals surface area contributed by atoms with Gasteiger partial charge in [0, 0.05) is 6.54 Å². The third-order valence-electron chi connectivity index (χ3n) is 2.89. The Hall–Kier alpha value is -1.75. The summed E-state index contributed by atoms with van der Waals surface area (Å²) in [5, 5.41) is 14.1. The van der Waals surface area contributed by atoms with Gasteiger partial charge in [0.1, 0.15) is 0 Å². The molecule has 5 heteroatoms. The first-order valence-corrected chi connectivity index (χ1v) is 7.56. The van der Waals surface area contributed by atoms with E-state index in [1.807, 2.05) is 35.9 Å². The van der Waals surface area contributed by atoms with Crippen LogP contribution in [0.3, 0.4) is 0 Å². The van der Waals surface area contributed by atoms with Gasteiger partial charge < -0.3 is 5.11 Å². The Morgan fingerprint density at radius 1 is 1.35 bits per heavy atom. The van der Waals surface area contributed by atoms with Gasteiger partial charge >= 0.3 is 5.97 Å². The Morgan fingerprint density at radius 2 is 2.10 bits per heavy atom. The lowest BCUT2D eigenvalue weighted by Gasteiger charge is -2.06. The maximum atomic E-state index is 10.6. The fourth-order valence-corrected chi connectivity index (χ4v) is 2.82. The Balaban J connectivity index is 1.90. The number of aryl methyl sites for hydroxylation is 3. The molecule has 0 aliphatic carbocycles. The van der Waals surface area contributed by atoms with E-state index in [0.29, 0.717) is 0 Å². The highest BCUT2D eigenvalue weighted by Crippen LogP contribution is 2.19. The molecule has 4 nitrogen and oxygen atoms in total. The van der Waals surface area contributed by atoms with Crippen LogP contribution in [0.25, 0.3) is 0 Å². The average Bonchev–Trinajstić information content (AvgIpc) is 2.78. The molecule has 0 aliphatic heterocycles. The number of rotatable bonds is 7. The van der Waals surface area contributed by atoms with E-state index in [9.17, 15) is 4.79 Å². The van der Waals surface area contributed by atoms with Crippen LogP contribution in [0, 0.1) is 6.92 Å².